The molecule has 0 saturated heterocycles. The number of benzene rings is 1. The minimum atomic E-state index is -1.10. The number of hydrogen-bond donors (Lipinski definition) is 2. The third-order valence-electron chi connectivity index (χ3n) is 2.93. The van der Waals surface area contributed by atoms with E-state index in [4.69, 9.17) is 22.4 Å². The SMILES string of the molecule is CC(C)c1c(-c2ccc(Cl)cc2F)sc(C(=O)O)c1N. The Hall–Kier alpha value is -1.59. The summed E-state index contributed by atoms with van der Waals surface area (Å²) in [6, 6.07) is 4.32. The van der Waals surface area contributed by atoms with E-state index in [2.05, 4.69) is 0 Å². The molecule has 0 amide bonds. The maximum absolute atomic E-state index is 14.1. The number of rotatable bonds is 3. The fraction of sp³-hybridized carbons (Fsp3) is 0.214. The van der Waals surface area contributed by atoms with Gasteiger partial charge >= 0.3 is 5.97 Å². The topological polar surface area (TPSA) is 63.3 Å². The van der Waals surface area contributed by atoms with Crippen molar-refractivity contribution < 1.29 is 14.3 Å². The predicted molar refractivity (Wildman–Crippen MR) is 80.2 cm³/mol. The lowest BCUT2D eigenvalue weighted by atomic mass is 9.98. The highest BCUT2D eigenvalue weighted by molar-refractivity contribution is 7.18. The van der Waals surface area contributed by atoms with Crippen LogP contribution in [0.25, 0.3) is 10.4 Å². The number of hydrogen-bond acceptors (Lipinski definition) is 3. The summed E-state index contributed by atoms with van der Waals surface area (Å²) in [6.07, 6.45) is 0. The molecular formula is C14H13ClFNO2S. The average Bonchev–Trinajstić information content (AvgIpc) is 2.66. The van der Waals surface area contributed by atoms with E-state index in [0.29, 0.717) is 21.0 Å². The standard InChI is InChI=1S/C14H13ClFNO2S/c1-6(2)10-11(17)13(14(18)19)20-12(10)8-4-3-7(15)5-9(8)16/h3-6H,17H2,1-2H3,(H,18,19). The Morgan fingerprint density at radius 3 is 2.60 bits per heavy atom. The molecule has 0 unspecified atom stereocenters. The van der Waals surface area contributed by atoms with Crippen molar-refractivity contribution in [2.75, 3.05) is 5.73 Å². The molecule has 1 heterocycles. The van der Waals surface area contributed by atoms with Gasteiger partial charge in [-0.2, -0.15) is 0 Å². The molecule has 0 radical (unpaired) electrons. The second-order valence-electron chi connectivity index (χ2n) is 4.67. The number of nitrogens with two attached hydrogens (primary N) is 1. The Morgan fingerprint density at radius 1 is 1.45 bits per heavy atom. The quantitative estimate of drug-likeness (QED) is 0.869. The maximum Gasteiger partial charge on any atom is 0.348 e. The van der Waals surface area contributed by atoms with Crippen LogP contribution in [0.2, 0.25) is 5.02 Å². The van der Waals surface area contributed by atoms with Crippen molar-refractivity contribution in [2.45, 2.75) is 19.8 Å². The number of halogens is 2. The highest BCUT2D eigenvalue weighted by Crippen LogP contribution is 2.43. The van der Waals surface area contributed by atoms with Crippen molar-refractivity contribution in [3.05, 3.63) is 39.5 Å². The largest absolute Gasteiger partial charge is 0.477 e. The zero-order chi connectivity index (χ0) is 15.0. The molecule has 0 spiro atoms. The van der Waals surface area contributed by atoms with E-state index in [9.17, 15) is 9.18 Å². The zero-order valence-corrected chi connectivity index (χ0v) is 12.5. The minimum absolute atomic E-state index is 0.00979. The third-order valence-corrected chi connectivity index (χ3v) is 4.41. The maximum atomic E-state index is 14.1. The zero-order valence-electron chi connectivity index (χ0n) is 10.9. The van der Waals surface area contributed by atoms with Gasteiger partial charge in [-0.3, -0.25) is 0 Å². The van der Waals surface area contributed by atoms with Crippen molar-refractivity contribution in [2.24, 2.45) is 0 Å². The van der Waals surface area contributed by atoms with E-state index >= 15 is 0 Å². The van der Waals surface area contributed by atoms with E-state index in [1.165, 1.54) is 6.07 Å². The van der Waals surface area contributed by atoms with Crippen LogP contribution >= 0.6 is 22.9 Å². The lowest BCUT2D eigenvalue weighted by Crippen LogP contribution is -2.01. The molecule has 0 saturated carbocycles. The molecule has 2 rings (SSSR count). The summed E-state index contributed by atoms with van der Waals surface area (Å²) in [4.78, 5) is 11.8. The van der Waals surface area contributed by atoms with E-state index < -0.39 is 11.8 Å². The molecule has 0 aliphatic carbocycles. The van der Waals surface area contributed by atoms with Crippen LogP contribution in [0, 0.1) is 5.82 Å². The molecule has 3 nitrogen and oxygen atoms in total. The van der Waals surface area contributed by atoms with Crippen molar-refractivity contribution in [1.82, 2.24) is 0 Å². The Kier molecular flexibility index (Phi) is 4.01. The van der Waals surface area contributed by atoms with Crippen molar-refractivity contribution in [3.8, 4) is 10.4 Å². The molecule has 106 valence electrons. The molecule has 0 aliphatic rings. The first-order valence-corrected chi connectivity index (χ1v) is 7.13. The number of aromatic carboxylic acids is 1. The minimum Gasteiger partial charge on any atom is -0.477 e. The summed E-state index contributed by atoms with van der Waals surface area (Å²) < 4.78 is 14.1. The van der Waals surface area contributed by atoms with Gasteiger partial charge in [0.1, 0.15) is 10.7 Å². The van der Waals surface area contributed by atoms with Gasteiger partial charge in [-0.25, -0.2) is 9.18 Å². The predicted octanol–water partition coefficient (Wildman–Crippen LogP) is 4.61. The summed E-state index contributed by atoms with van der Waals surface area (Å²) in [5.74, 6) is -1.60. The summed E-state index contributed by atoms with van der Waals surface area (Å²) in [5, 5.41) is 9.45. The number of carboxylic acid groups (broad SMARTS) is 1. The molecule has 6 heteroatoms. The van der Waals surface area contributed by atoms with Gasteiger partial charge in [-0.15, -0.1) is 11.3 Å². The Bertz CT molecular complexity index is 682. The van der Waals surface area contributed by atoms with Crippen molar-refractivity contribution in [1.29, 1.82) is 0 Å². The van der Waals surface area contributed by atoms with E-state index in [-0.39, 0.29) is 16.5 Å². The van der Waals surface area contributed by atoms with Gasteiger partial charge in [0.2, 0.25) is 0 Å². The summed E-state index contributed by atoms with van der Waals surface area (Å²) in [5.41, 5.74) is 7.10. The van der Waals surface area contributed by atoms with Gasteiger partial charge in [0.15, 0.2) is 0 Å². The Labute approximate surface area is 124 Å². The molecule has 1 aromatic heterocycles. The number of thiophene rings is 1. The highest BCUT2D eigenvalue weighted by Gasteiger charge is 2.24. The molecule has 3 N–H and O–H groups in total. The number of carboxylic acids is 1. The van der Waals surface area contributed by atoms with Crippen LogP contribution in [-0.2, 0) is 0 Å². The van der Waals surface area contributed by atoms with Crippen LogP contribution in [0.3, 0.4) is 0 Å². The summed E-state index contributed by atoms with van der Waals surface area (Å²) >= 11 is 6.73. The molecular weight excluding hydrogens is 301 g/mol. The van der Waals surface area contributed by atoms with Crippen LogP contribution in [0.4, 0.5) is 10.1 Å². The molecule has 0 atom stereocenters. The number of nitrogen functional groups attached to an aromatic ring is 1. The molecule has 2 aromatic rings. The van der Waals surface area contributed by atoms with Crippen LogP contribution in [0.5, 0.6) is 0 Å². The van der Waals surface area contributed by atoms with Gasteiger partial charge in [0, 0.05) is 15.5 Å². The fourth-order valence-corrected chi connectivity index (χ4v) is 3.46. The molecule has 0 bridgehead atoms. The van der Waals surface area contributed by atoms with Gasteiger partial charge < -0.3 is 10.8 Å². The van der Waals surface area contributed by atoms with Gasteiger partial charge in [-0.1, -0.05) is 25.4 Å². The van der Waals surface area contributed by atoms with Crippen LogP contribution < -0.4 is 5.73 Å². The van der Waals surface area contributed by atoms with Gasteiger partial charge in [-0.05, 0) is 29.7 Å². The fourth-order valence-electron chi connectivity index (χ4n) is 2.06. The van der Waals surface area contributed by atoms with E-state index in [1.54, 1.807) is 12.1 Å². The van der Waals surface area contributed by atoms with Crippen molar-refractivity contribution >= 4 is 34.6 Å². The van der Waals surface area contributed by atoms with Gasteiger partial charge in [0.05, 0.1) is 5.69 Å². The molecule has 1 aromatic carbocycles. The monoisotopic (exact) mass is 313 g/mol. The molecule has 0 fully saturated rings. The van der Waals surface area contributed by atoms with Crippen LogP contribution in [0.1, 0.15) is 35.0 Å². The first-order valence-electron chi connectivity index (χ1n) is 5.93. The molecule has 20 heavy (non-hydrogen) atoms. The van der Waals surface area contributed by atoms with E-state index in [1.807, 2.05) is 13.8 Å². The smallest absolute Gasteiger partial charge is 0.348 e. The van der Waals surface area contributed by atoms with E-state index in [0.717, 1.165) is 11.3 Å². The summed E-state index contributed by atoms with van der Waals surface area (Å²) in [7, 11) is 0. The lowest BCUT2D eigenvalue weighted by molar-refractivity contribution is 0.0703. The number of anilines is 1. The lowest BCUT2D eigenvalue weighted by Gasteiger charge is -2.09. The Morgan fingerprint density at radius 2 is 2.10 bits per heavy atom. The third kappa shape index (κ3) is 2.51. The first kappa shape index (κ1) is 14.8. The summed E-state index contributed by atoms with van der Waals surface area (Å²) in [6.45, 7) is 3.78. The van der Waals surface area contributed by atoms with Gasteiger partial charge in [0.25, 0.3) is 0 Å². The van der Waals surface area contributed by atoms with Crippen molar-refractivity contribution in [3.63, 3.8) is 0 Å². The van der Waals surface area contributed by atoms with Crippen LogP contribution in [-0.4, -0.2) is 11.1 Å². The Balaban J connectivity index is 2.73. The average molecular weight is 314 g/mol. The second kappa shape index (κ2) is 5.42. The normalized spacial score (nSPS) is 11.1. The highest BCUT2D eigenvalue weighted by atomic mass is 35.5. The number of carbonyl (C=O) groups is 1. The second-order valence-corrected chi connectivity index (χ2v) is 6.13. The first-order chi connectivity index (χ1) is 9.32. The molecule has 0 aliphatic heterocycles. The van der Waals surface area contributed by atoms with Crippen LogP contribution in [0.15, 0.2) is 18.2 Å².